The van der Waals surface area contributed by atoms with Gasteiger partial charge in [0.05, 0.1) is 18.2 Å². The second kappa shape index (κ2) is 6.34. The molecule has 3 nitrogen and oxygen atoms in total. The summed E-state index contributed by atoms with van der Waals surface area (Å²) in [5.41, 5.74) is 1.94. The summed E-state index contributed by atoms with van der Waals surface area (Å²) in [6.45, 7) is 2.79. The Hall–Kier alpha value is -0.870. The summed E-state index contributed by atoms with van der Waals surface area (Å²) in [6, 6.07) is 5.84. The maximum atomic E-state index is 11.9. The molecule has 0 aliphatic carbocycles. The van der Waals surface area contributed by atoms with Gasteiger partial charge in [-0.1, -0.05) is 12.1 Å². The first kappa shape index (κ1) is 13.6. The van der Waals surface area contributed by atoms with Gasteiger partial charge in [0.2, 0.25) is 5.91 Å². The average molecular weight is 312 g/mol. The Morgan fingerprint density at radius 3 is 3.06 bits per heavy atom. The zero-order valence-electron chi connectivity index (χ0n) is 10.5. The minimum atomic E-state index is 0.0215. The number of ether oxygens (including phenoxy) is 1. The van der Waals surface area contributed by atoms with Gasteiger partial charge >= 0.3 is 0 Å². The Bertz CT molecular complexity index is 428. The fourth-order valence-corrected chi connectivity index (χ4v) is 2.48. The molecule has 0 aromatic heterocycles. The summed E-state index contributed by atoms with van der Waals surface area (Å²) >= 11 is 3.49. The molecule has 1 atom stereocenters. The van der Waals surface area contributed by atoms with Gasteiger partial charge in [0.15, 0.2) is 0 Å². The van der Waals surface area contributed by atoms with Crippen molar-refractivity contribution in [2.45, 2.75) is 38.7 Å². The van der Waals surface area contributed by atoms with Crippen LogP contribution in [-0.4, -0.2) is 18.6 Å². The molecular weight excluding hydrogens is 294 g/mol. The lowest BCUT2D eigenvalue weighted by molar-refractivity contribution is -0.119. The van der Waals surface area contributed by atoms with Gasteiger partial charge in [-0.25, -0.2) is 0 Å². The van der Waals surface area contributed by atoms with E-state index in [1.807, 2.05) is 25.1 Å². The minimum absolute atomic E-state index is 0.0215. The van der Waals surface area contributed by atoms with Crippen molar-refractivity contribution in [3.63, 3.8) is 0 Å². The summed E-state index contributed by atoms with van der Waals surface area (Å²) in [5, 5.41) is 2.93. The number of nitrogens with one attached hydrogen (secondary N) is 1. The van der Waals surface area contributed by atoms with Crippen LogP contribution >= 0.6 is 15.9 Å². The van der Waals surface area contributed by atoms with Crippen LogP contribution < -0.4 is 5.32 Å². The zero-order valence-corrected chi connectivity index (χ0v) is 12.1. The molecule has 1 fully saturated rings. The Labute approximate surface area is 116 Å². The quantitative estimate of drug-likeness (QED) is 0.925. The normalized spacial score (nSPS) is 19.6. The molecule has 1 amide bonds. The number of amides is 1. The molecule has 0 spiro atoms. The molecule has 1 aromatic carbocycles. The smallest absolute Gasteiger partial charge is 0.227 e. The number of hydrogen-bond donors (Lipinski definition) is 1. The highest BCUT2D eigenvalue weighted by molar-refractivity contribution is 9.10. The van der Waals surface area contributed by atoms with Gasteiger partial charge < -0.3 is 10.1 Å². The number of hydrogen-bond acceptors (Lipinski definition) is 2. The largest absolute Gasteiger partial charge is 0.378 e. The van der Waals surface area contributed by atoms with Crippen molar-refractivity contribution in [3.05, 3.63) is 28.2 Å². The number of rotatable bonds is 3. The van der Waals surface area contributed by atoms with Gasteiger partial charge in [-0.2, -0.15) is 0 Å². The maximum Gasteiger partial charge on any atom is 0.227 e. The highest BCUT2D eigenvalue weighted by Gasteiger charge is 2.18. The van der Waals surface area contributed by atoms with E-state index in [4.69, 9.17) is 4.74 Å². The SMILES string of the molecule is Cc1cccc(NC(=O)CC2CCCCO2)c1Br. The third kappa shape index (κ3) is 3.56. The van der Waals surface area contributed by atoms with Crippen molar-refractivity contribution < 1.29 is 9.53 Å². The molecule has 0 radical (unpaired) electrons. The molecule has 1 aliphatic rings. The van der Waals surface area contributed by atoms with Gasteiger partial charge in [-0.3, -0.25) is 4.79 Å². The van der Waals surface area contributed by atoms with Crippen molar-refractivity contribution in [3.8, 4) is 0 Å². The average Bonchev–Trinajstić information content (AvgIpc) is 2.36. The fourth-order valence-electron chi connectivity index (χ4n) is 2.12. The van der Waals surface area contributed by atoms with E-state index in [2.05, 4.69) is 21.2 Å². The van der Waals surface area contributed by atoms with Crippen LogP contribution in [0, 0.1) is 6.92 Å². The van der Waals surface area contributed by atoms with E-state index in [0.29, 0.717) is 6.42 Å². The number of benzene rings is 1. The van der Waals surface area contributed by atoms with E-state index in [1.54, 1.807) is 0 Å². The first-order chi connectivity index (χ1) is 8.66. The lowest BCUT2D eigenvalue weighted by Crippen LogP contribution is -2.25. The van der Waals surface area contributed by atoms with Crippen LogP contribution in [0.1, 0.15) is 31.2 Å². The van der Waals surface area contributed by atoms with E-state index in [0.717, 1.165) is 41.6 Å². The first-order valence-corrected chi connectivity index (χ1v) is 7.12. The van der Waals surface area contributed by atoms with E-state index >= 15 is 0 Å². The number of anilines is 1. The predicted octanol–water partition coefficient (Wildman–Crippen LogP) is 3.66. The number of aryl methyl sites for hydroxylation is 1. The van der Waals surface area contributed by atoms with Gasteiger partial charge in [0.25, 0.3) is 0 Å². The molecule has 1 heterocycles. The molecule has 0 saturated carbocycles. The highest BCUT2D eigenvalue weighted by Crippen LogP contribution is 2.26. The van der Waals surface area contributed by atoms with Gasteiger partial charge in [-0.05, 0) is 53.7 Å². The highest BCUT2D eigenvalue weighted by atomic mass is 79.9. The van der Waals surface area contributed by atoms with E-state index in [9.17, 15) is 4.79 Å². The molecule has 0 bridgehead atoms. The summed E-state index contributed by atoms with van der Waals surface area (Å²) in [6.07, 6.45) is 3.79. The lowest BCUT2D eigenvalue weighted by atomic mass is 10.1. The summed E-state index contributed by atoms with van der Waals surface area (Å²) in [5.74, 6) is 0.0215. The molecular formula is C14H18BrNO2. The lowest BCUT2D eigenvalue weighted by Gasteiger charge is -2.22. The third-order valence-corrected chi connectivity index (χ3v) is 4.21. The molecule has 2 rings (SSSR count). The van der Waals surface area contributed by atoms with Crippen molar-refractivity contribution in [2.75, 3.05) is 11.9 Å². The summed E-state index contributed by atoms with van der Waals surface area (Å²) in [4.78, 5) is 11.9. The van der Waals surface area contributed by atoms with Gasteiger partial charge in [0.1, 0.15) is 0 Å². The van der Waals surface area contributed by atoms with Crippen LogP contribution in [0.2, 0.25) is 0 Å². The Kier molecular flexibility index (Phi) is 4.78. The second-order valence-electron chi connectivity index (χ2n) is 4.68. The third-order valence-electron chi connectivity index (χ3n) is 3.15. The molecule has 98 valence electrons. The Morgan fingerprint density at radius 2 is 2.33 bits per heavy atom. The number of carbonyl (C=O) groups excluding carboxylic acids is 1. The van der Waals surface area contributed by atoms with Crippen LogP contribution in [-0.2, 0) is 9.53 Å². The van der Waals surface area contributed by atoms with E-state index in [-0.39, 0.29) is 12.0 Å². The summed E-state index contributed by atoms with van der Waals surface area (Å²) < 4.78 is 6.51. The topological polar surface area (TPSA) is 38.3 Å². The molecule has 1 saturated heterocycles. The van der Waals surface area contributed by atoms with Crippen molar-refractivity contribution >= 4 is 27.5 Å². The number of halogens is 1. The maximum absolute atomic E-state index is 11.9. The molecule has 1 unspecified atom stereocenters. The molecule has 1 aromatic rings. The van der Waals surface area contributed by atoms with Crippen LogP contribution in [0.4, 0.5) is 5.69 Å². The Morgan fingerprint density at radius 1 is 1.50 bits per heavy atom. The number of carbonyl (C=O) groups is 1. The van der Waals surface area contributed by atoms with Crippen LogP contribution in [0.5, 0.6) is 0 Å². The van der Waals surface area contributed by atoms with Crippen molar-refractivity contribution in [2.24, 2.45) is 0 Å². The molecule has 1 aliphatic heterocycles. The van der Waals surface area contributed by atoms with Gasteiger partial charge in [-0.15, -0.1) is 0 Å². The van der Waals surface area contributed by atoms with Crippen LogP contribution in [0.3, 0.4) is 0 Å². The van der Waals surface area contributed by atoms with Gasteiger partial charge in [0, 0.05) is 11.1 Å². The zero-order chi connectivity index (χ0) is 13.0. The van der Waals surface area contributed by atoms with E-state index < -0.39 is 0 Å². The van der Waals surface area contributed by atoms with Crippen molar-refractivity contribution in [1.29, 1.82) is 0 Å². The molecule has 4 heteroatoms. The fraction of sp³-hybridized carbons (Fsp3) is 0.500. The minimum Gasteiger partial charge on any atom is -0.378 e. The first-order valence-electron chi connectivity index (χ1n) is 6.33. The Balaban J connectivity index is 1.92. The van der Waals surface area contributed by atoms with E-state index in [1.165, 1.54) is 0 Å². The summed E-state index contributed by atoms with van der Waals surface area (Å²) in [7, 11) is 0. The molecule has 18 heavy (non-hydrogen) atoms. The van der Waals surface area contributed by atoms with Crippen LogP contribution in [0.25, 0.3) is 0 Å². The predicted molar refractivity (Wildman–Crippen MR) is 75.7 cm³/mol. The standard InChI is InChI=1S/C14H18BrNO2/c1-10-5-4-7-12(14(10)15)16-13(17)9-11-6-2-3-8-18-11/h4-5,7,11H,2-3,6,8-9H2,1H3,(H,16,17). The monoisotopic (exact) mass is 311 g/mol. The van der Waals surface area contributed by atoms with Crippen molar-refractivity contribution in [1.82, 2.24) is 0 Å². The van der Waals surface area contributed by atoms with Crippen LogP contribution in [0.15, 0.2) is 22.7 Å². The molecule has 1 N–H and O–H groups in total. The second-order valence-corrected chi connectivity index (χ2v) is 5.47.